The average molecular weight is 206 g/mol. The standard InChI is InChI=1S/C7H14N2O3S/c1-5(8)2-7(10)9-6-3-13(11,12)4-6/h5-6H,2-4,8H2,1H3,(H,9,10). The van der Waals surface area contributed by atoms with Gasteiger partial charge in [0.2, 0.25) is 5.91 Å². The number of hydrogen-bond acceptors (Lipinski definition) is 4. The van der Waals surface area contributed by atoms with Crippen molar-refractivity contribution in [1.29, 1.82) is 0 Å². The van der Waals surface area contributed by atoms with Crippen molar-refractivity contribution in [2.45, 2.75) is 25.4 Å². The average Bonchev–Trinajstić information content (AvgIpc) is 1.79. The van der Waals surface area contributed by atoms with Crippen LogP contribution in [0.25, 0.3) is 0 Å². The number of nitrogens with one attached hydrogen (secondary N) is 1. The molecule has 76 valence electrons. The first-order chi connectivity index (χ1) is 5.89. The van der Waals surface area contributed by atoms with Crippen molar-refractivity contribution >= 4 is 15.7 Å². The number of carbonyl (C=O) groups excluding carboxylic acids is 1. The van der Waals surface area contributed by atoms with E-state index in [2.05, 4.69) is 5.32 Å². The SMILES string of the molecule is CC(N)CC(=O)NC1CS(=O)(=O)C1. The highest BCUT2D eigenvalue weighted by atomic mass is 32.2. The number of carbonyl (C=O) groups is 1. The first-order valence-electron chi connectivity index (χ1n) is 4.14. The molecule has 0 aromatic carbocycles. The van der Waals surface area contributed by atoms with Crippen LogP contribution in [0.5, 0.6) is 0 Å². The van der Waals surface area contributed by atoms with Crippen molar-refractivity contribution in [2.24, 2.45) is 5.73 Å². The zero-order valence-electron chi connectivity index (χ0n) is 7.49. The van der Waals surface area contributed by atoms with Crippen LogP contribution in [-0.4, -0.2) is 37.9 Å². The van der Waals surface area contributed by atoms with Crippen LogP contribution in [0.1, 0.15) is 13.3 Å². The molecule has 0 aromatic rings. The summed E-state index contributed by atoms with van der Waals surface area (Å²) >= 11 is 0. The molecule has 0 bridgehead atoms. The Bertz CT molecular complexity index is 285. The van der Waals surface area contributed by atoms with Crippen molar-refractivity contribution in [2.75, 3.05) is 11.5 Å². The van der Waals surface area contributed by atoms with Crippen LogP contribution in [0, 0.1) is 0 Å². The Kier molecular flexibility index (Phi) is 2.92. The third-order valence-electron chi connectivity index (χ3n) is 1.78. The van der Waals surface area contributed by atoms with Crippen molar-refractivity contribution in [3.8, 4) is 0 Å². The molecule has 1 heterocycles. The van der Waals surface area contributed by atoms with Gasteiger partial charge in [-0.05, 0) is 6.92 Å². The summed E-state index contributed by atoms with van der Waals surface area (Å²) in [7, 11) is -2.85. The van der Waals surface area contributed by atoms with E-state index in [1.807, 2.05) is 0 Å². The van der Waals surface area contributed by atoms with Crippen LogP contribution >= 0.6 is 0 Å². The van der Waals surface area contributed by atoms with Crippen molar-refractivity contribution in [1.82, 2.24) is 5.32 Å². The fourth-order valence-electron chi connectivity index (χ4n) is 1.23. The van der Waals surface area contributed by atoms with Crippen LogP contribution < -0.4 is 11.1 Å². The summed E-state index contributed by atoms with van der Waals surface area (Å²) in [4.78, 5) is 11.1. The minimum atomic E-state index is -2.85. The van der Waals surface area contributed by atoms with E-state index >= 15 is 0 Å². The molecule has 1 aliphatic rings. The summed E-state index contributed by atoms with van der Waals surface area (Å²) in [6, 6.07) is -0.382. The van der Waals surface area contributed by atoms with Crippen molar-refractivity contribution < 1.29 is 13.2 Å². The van der Waals surface area contributed by atoms with Crippen LogP contribution in [0.15, 0.2) is 0 Å². The zero-order chi connectivity index (χ0) is 10.1. The Morgan fingerprint density at radius 2 is 2.15 bits per heavy atom. The Morgan fingerprint density at radius 3 is 2.54 bits per heavy atom. The first kappa shape index (κ1) is 10.5. The topological polar surface area (TPSA) is 89.3 Å². The minimum Gasteiger partial charge on any atom is -0.351 e. The number of hydrogen-bond donors (Lipinski definition) is 2. The second-order valence-corrected chi connectivity index (χ2v) is 5.68. The molecule has 6 heteroatoms. The highest BCUT2D eigenvalue weighted by Gasteiger charge is 2.34. The van der Waals surface area contributed by atoms with E-state index in [0.717, 1.165) is 0 Å². The quantitative estimate of drug-likeness (QED) is 0.596. The molecule has 1 saturated heterocycles. The molecule has 0 aliphatic carbocycles. The van der Waals surface area contributed by atoms with Gasteiger partial charge in [-0.25, -0.2) is 8.42 Å². The largest absolute Gasteiger partial charge is 0.351 e. The highest BCUT2D eigenvalue weighted by Crippen LogP contribution is 2.10. The van der Waals surface area contributed by atoms with E-state index in [-0.39, 0.29) is 35.9 Å². The van der Waals surface area contributed by atoms with E-state index in [1.165, 1.54) is 0 Å². The molecular weight excluding hydrogens is 192 g/mol. The van der Waals surface area contributed by atoms with Gasteiger partial charge in [0, 0.05) is 12.5 Å². The molecule has 1 amide bonds. The molecule has 0 saturated carbocycles. The number of rotatable bonds is 3. The predicted molar refractivity (Wildman–Crippen MR) is 48.9 cm³/mol. The zero-order valence-corrected chi connectivity index (χ0v) is 8.30. The highest BCUT2D eigenvalue weighted by molar-refractivity contribution is 7.92. The van der Waals surface area contributed by atoms with Crippen LogP contribution in [0.2, 0.25) is 0 Å². The van der Waals surface area contributed by atoms with E-state index in [0.29, 0.717) is 0 Å². The smallest absolute Gasteiger partial charge is 0.221 e. The summed E-state index contributed by atoms with van der Waals surface area (Å²) in [5.74, 6) is -0.0371. The molecule has 0 spiro atoms. The fraction of sp³-hybridized carbons (Fsp3) is 0.857. The molecule has 1 rings (SSSR count). The third-order valence-corrected chi connectivity index (χ3v) is 3.60. The minimum absolute atomic E-state index is 0.0672. The molecule has 13 heavy (non-hydrogen) atoms. The lowest BCUT2D eigenvalue weighted by Gasteiger charge is -2.26. The van der Waals surface area contributed by atoms with E-state index in [4.69, 9.17) is 5.73 Å². The Morgan fingerprint density at radius 1 is 1.62 bits per heavy atom. The predicted octanol–water partition coefficient (Wildman–Crippen LogP) is -1.36. The normalized spacial score (nSPS) is 23.2. The molecule has 1 unspecified atom stereocenters. The van der Waals surface area contributed by atoms with Gasteiger partial charge < -0.3 is 11.1 Å². The molecule has 0 radical (unpaired) electrons. The van der Waals surface area contributed by atoms with Gasteiger partial charge >= 0.3 is 0 Å². The molecule has 1 atom stereocenters. The first-order valence-corrected chi connectivity index (χ1v) is 5.96. The molecule has 0 aromatic heterocycles. The van der Waals surface area contributed by atoms with Gasteiger partial charge in [0.25, 0.3) is 0 Å². The van der Waals surface area contributed by atoms with Gasteiger partial charge in [-0.2, -0.15) is 0 Å². The molecular formula is C7H14N2O3S. The fourth-order valence-corrected chi connectivity index (χ4v) is 2.52. The van der Waals surface area contributed by atoms with Gasteiger partial charge in [-0.1, -0.05) is 0 Å². The van der Waals surface area contributed by atoms with Crippen LogP contribution in [0.3, 0.4) is 0 Å². The van der Waals surface area contributed by atoms with Gasteiger partial charge in [0.1, 0.15) is 0 Å². The van der Waals surface area contributed by atoms with Gasteiger partial charge in [0.05, 0.1) is 17.5 Å². The maximum absolute atomic E-state index is 11.1. The third kappa shape index (κ3) is 3.31. The van der Waals surface area contributed by atoms with Gasteiger partial charge in [0.15, 0.2) is 9.84 Å². The Labute approximate surface area is 77.6 Å². The van der Waals surface area contributed by atoms with Crippen molar-refractivity contribution in [3.05, 3.63) is 0 Å². The summed E-state index contributed by atoms with van der Waals surface area (Å²) in [5, 5.41) is 2.61. The van der Waals surface area contributed by atoms with Gasteiger partial charge in [-0.15, -0.1) is 0 Å². The summed E-state index contributed by atoms with van der Waals surface area (Å²) in [6.45, 7) is 1.73. The Balaban J connectivity index is 2.24. The molecule has 1 fully saturated rings. The van der Waals surface area contributed by atoms with Crippen LogP contribution in [0.4, 0.5) is 0 Å². The van der Waals surface area contributed by atoms with E-state index < -0.39 is 9.84 Å². The molecule has 3 N–H and O–H groups in total. The number of amides is 1. The molecule has 1 aliphatic heterocycles. The Hall–Kier alpha value is -0.620. The lowest BCUT2D eigenvalue weighted by Crippen LogP contribution is -2.53. The lowest BCUT2D eigenvalue weighted by atomic mass is 10.2. The van der Waals surface area contributed by atoms with Crippen molar-refractivity contribution in [3.63, 3.8) is 0 Å². The maximum Gasteiger partial charge on any atom is 0.221 e. The second kappa shape index (κ2) is 3.63. The lowest BCUT2D eigenvalue weighted by molar-refractivity contribution is -0.121. The second-order valence-electron chi connectivity index (χ2n) is 3.52. The maximum atomic E-state index is 11.1. The van der Waals surface area contributed by atoms with Gasteiger partial charge in [-0.3, -0.25) is 4.79 Å². The number of sulfone groups is 1. The number of nitrogens with two attached hydrogens (primary N) is 1. The summed E-state index contributed by atoms with van der Waals surface area (Å²) < 4.78 is 21.4. The van der Waals surface area contributed by atoms with E-state index in [1.54, 1.807) is 6.92 Å². The van der Waals surface area contributed by atoms with Crippen LogP contribution in [-0.2, 0) is 14.6 Å². The monoisotopic (exact) mass is 206 g/mol. The summed E-state index contributed by atoms with van der Waals surface area (Å²) in [5.41, 5.74) is 5.40. The van der Waals surface area contributed by atoms with E-state index in [9.17, 15) is 13.2 Å². The summed E-state index contributed by atoms with van der Waals surface area (Å²) in [6.07, 6.45) is 0.247. The molecule has 5 nitrogen and oxygen atoms in total.